The van der Waals surface area contributed by atoms with E-state index in [1.54, 1.807) is 24.4 Å². The van der Waals surface area contributed by atoms with E-state index < -0.39 is 0 Å². The van der Waals surface area contributed by atoms with Crippen molar-refractivity contribution in [3.8, 4) is 0 Å². The Morgan fingerprint density at radius 3 is 2.69 bits per heavy atom. The number of nitrogens with zero attached hydrogens (tertiary/aromatic N) is 3. The summed E-state index contributed by atoms with van der Waals surface area (Å²) in [4.78, 5) is 19.2. The van der Waals surface area contributed by atoms with E-state index >= 15 is 0 Å². The minimum atomic E-state index is -0.255. The number of hydrogen-bond donors (Lipinski definition) is 0. The minimum Gasteiger partial charge on any atom is -0.331 e. The summed E-state index contributed by atoms with van der Waals surface area (Å²) in [5.74, 6) is 0.655. The quantitative estimate of drug-likeness (QED) is 0.720. The maximum absolute atomic E-state index is 13.8. The van der Waals surface area contributed by atoms with E-state index in [4.69, 9.17) is 0 Å². The van der Waals surface area contributed by atoms with Crippen LogP contribution in [-0.2, 0) is 24.3 Å². The fourth-order valence-electron chi connectivity index (χ4n) is 3.51. The largest absolute Gasteiger partial charge is 0.331 e. The highest BCUT2D eigenvalue weighted by Crippen LogP contribution is 2.30. The molecule has 3 aromatic rings. The molecular weight excluding hydrogens is 329 g/mol. The van der Waals surface area contributed by atoms with Crippen LogP contribution in [0.15, 0.2) is 67.0 Å². The van der Waals surface area contributed by atoms with Gasteiger partial charge in [-0.15, -0.1) is 0 Å². The van der Waals surface area contributed by atoms with E-state index in [2.05, 4.69) is 9.55 Å². The first-order chi connectivity index (χ1) is 12.7. The summed E-state index contributed by atoms with van der Waals surface area (Å²) in [5, 5.41) is 0. The first-order valence-electron chi connectivity index (χ1n) is 8.80. The Bertz CT molecular complexity index is 906. The van der Waals surface area contributed by atoms with Crippen molar-refractivity contribution in [3.63, 3.8) is 0 Å². The monoisotopic (exact) mass is 349 g/mol. The lowest BCUT2D eigenvalue weighted by atomic mass is 10.0. The van der Waals surface area contributed by atoms with Crippen LogP contribution >= 0.6 is 0 Å². The van der Waals surface area contributed by atoms with E-state index in [1.807, 2.05) is 41.4 Å². The first-order valence-corrected chi connectivity index (χ1v) is 8.80. The number of amides is 1. The zero-order valence-electron chi connectivity index (χ0n) is 14.4. The van der Waals surface area contributed by atoms with Crippen LogP contribution in [0.3, 0.4) is 0 Å². The predicted octanol–water partition coefficient (Wildman–Crippen LogP) is 3.74. The van der Waals surface area contributed by atoms with E-state index in [-0.39, 0.29) is 24.2 Å². The fraction of sp³-hybridized carbons (Fsp3) is 0.238. The molecule has 1 aliphatic heterocycles. The number of fused-ring (bicyclic) bond motifs is 1. The van der Waals surface area contributed by atoms with Crippen molar-refractivity contribution in [2.75, 3.05) is 0 Å². The second-order valence-corrected chi connectivity index (χ2v) is 6.54. The molecule has 0 aliphatic carbocycles. The van der Waals surface area contributed by atoms with E-state index in [0.29, 0.717) is 25.1 Å². The highest BCUT2D eigenvalue weighted by molar-refractivity contribution is 5.77. The number of aryl methyl sites for hydroxylation is 1. The molecule has 1 atom stereocenters. The molecule has 0 N–H and O–H groups in total. The lowest BCUT2D eigenvalue weighted by Crippen LogP contribution is -2.41. The molecule has 4 rings (SSSR count). The van der Waals surface area contributed by atoms with Gasteiger partial charge in [0.15, 0.2) is 0 Å². The Morgan fingerprint density at radius 2 is 1.88 bits per heavy atom. The van der Waals surface area contributed by atoms with Crippen LogP contribution in [0.4, 0.5) is 4.39 Å². The summed E-state index contributed by atoms with van der Waals surface area (Å²) in [5.41, 5.74) is 1.68. The molecule has 1 aliphatic rings. The zero-order valence-corrected chi connectivity index (χ0v) is 14.4. The van der Waals surface area contributed by atoms with Crippen molar-refractivity contribution < 1.29 is 9.18 Å². The Hall–Kier alpha value is -2.95. The minimum absolute atomic E-state index is 0.0244. The van der Waals surface area contributed by atoms with Gasteiger partial charge in [0.05, 0.1) is 12.6 Å². The summed E-state index contributed by atoms with van der Waals surface area (Å²) in [6, 6.07) is 16.6. The third-order valence-electron chi connectivity index (χ3n) is 4.93. The molecule has 0 saturated heterocycles. The van der Waals surface area contributed by atoms with Gasteiger partial charge in [-0.2, -0.15) is 0 Å². The number of hydrogen-bond acceptors (Lipinski definition) is 2. The van der Waals surface area contributed by atoms with Crippen LogP contribution in [-0.4, -0.2) is 20.4 Å². The molecule has 5 heteroatoms. The molecule has 0 fully saturated rings. The molecule has 2 aromatic carbocycles. The third-order valence-corrected chi connectivity index (χ3v) is 4.93. The maximum atomic E-state index is 13.8. The van der Waals surface area contributed by atoms with E-state index in [1.165, 1.54) is 6.07 Å². The fourth-order valence-corrected chi connectivity index (χ4v) is 3.51. The summed E-state index contributed by atoms with van der Waals surface area (Å²) < 4.78 is 15.9. The Morgan fingerprint density at radius 1 is 1.12 bits per heavy atom. The van der Waals surface area contributed by atoms with Crippen molar-refractivity contribution in [3.05, 3.63) is 89.8 Å². The molecule has 0 radical (unpaired) electrons. The maximum Gasteiger partial charge on any atom is 0.223 e. The number of aromatic nitrogens is 2. The molecule has 0 bridgehead atoms. The van der Waals surface area contributed by atoms with Gasteiger partial charge in [-0.1, -0.05) is 48.5 Å². The van der Waals surface area contributed by atoms with Crippen LogP contribution < -0.4 is 0 Å². The molecule has 2 heterocycles. The number of carbonyl (C=O) groups excluding carboxylic acids is 1. The normalized spacial score (nSPS) is 16.3. The van der Waals surface area contributed by atoms with Gasteiger partial charge in [-0.05, 0) is 23.6 Å². The van der Waals surface area contributed by atoms with E-state index in [9.17, 15) is 9.18 Å². The second-order valence-electron chi connectivity index (χ2n) is 6.54. The van der Waals surface area contributed by atoms with Crippen molar-refractivity contribution in [1.82, 2.24) is 14.5 Å². The molecule has 132 valence electrons. The molecule has 0 unspecified atom stereocenters. The lowest BCUT2D eigenvalue weighted by Gasteiger charge is -2.36. The highest BCUT2D eigenvalue weighted by atomic mass is 19.1. The number of imidazole rings is 1. The molecule has 1 aromatic heterocycles. The molecule has 1 amide bonds. The topological polar surface area (TPSA) is 38.1 Å². The molecule has 26 heavy (non-hydrogen) atoms. The number of rotatable bonds is 4. The van der Waals surface area contributed by atoms with Crippen LogP contribution in [0.2, 0.25) is 0 Å². The Labute approximate surface area is 151 Å². The van der Waals surface area contributed by atoms with Crippen molar-refractivity contribution >= 4 is 5.91 Å². The summed E-state index contributed by atoms with van der Waals surface area (Å²) in [7, 11) is 0. The van der Waals surface area contributed by atoms with Gasteiger partial charge in [-0.25, -0.2) is 9.37 Å². The third kappa shape index (κ3) is 3.25. The molecule has 0 saturated carbocycles. The highest BCUT2D eigenvalue weighted by Gasteiger charge is 2.31. The van der Waals surface area contributed by atoms with Crippen LogP contribution in [0.1, 0.15) is 29.4 Å². The number of benzene rings is 2. The van der Waals surface area contributed by atoms with Crippen LogP contribution in [0, 0.1) is 5.82 Å². The van der Waals surface area contributed by atoms with Crippen LogP contribution in [0.5, 0.6) is 0 Å². The van der Waals surface area contributed by atoms with Gasteiger partial charge in [0, 0.05) is 25.4 Å². The summed E-state index contributed by atoms with van der Waals surface area (Å²) in [6.07, 6.45) is 4.40. The van der Waals surface area contributed by atoms with Gasteiger partial charge in [0.1, 0.15) is 11.6 Å². The standard InChI is InChI=1S/C21H20FN3O/c22-18-9-5-4-6-16(18)10-11-21(26)25-15-20-23-12-13-24(20)14-19(25)17-7-2-1-3-8-17/h1-9,12-13,19H,10-11,14-15H2/t19-/m1/s1. The Kier molecular flexibility index (Phi) is 4.52. The van der Waals surface area contributed by atoms with Crippen molar-refractivity contribution in [2.45, 2.75) is 32.0 Å². The Balaban J connectivity index is 1.56. The number of carbonyl (C=O) groups is 1. The van der Waals surface area contributed by atoms with Gasteiger partial charge in [0.2, 0.25) is 5.91 Å². The van der Waals surface area contributed by atoms with Gasteiger partial charge in [-0.3, -0.25) is 4.79 Å². The molecular formula is C21H20FN3O. The van der Waals surface area contributed by atoms with E-state index in [0.717, 1.165) is 11.4 Å². The molecule has 4 nitrogen and oxygen atoms in total. The van der Waals surface area contributed by atoms with Gasteiger partial charge < -0.3 is 9.47 Å². The summed E-state index contributed by atoms with van der Waals surface area (Å²) in [6.45, 7) is 1.16. The SMILES string of the molecule is O=C(CCc1ccccc1F)N1Cc2nccn2C[C@@H]1c1ccccc1. The predicted molar refractivity (Wildman–Crippen MR) is 96.7 cm³/mol. The molecule has 0 spiro atoms. The number of halogens is 1. The smallest absolute Gasteiger partial charge is 0.223 e. The first kappa shape index (κ1) is 16.5. The summed E-state index contributed by atoms with van der Waals surface area (Å²) >= 11 is 0. The van der Waals surface area contributed by atoms with Gasteiger partial charge in [0.25, 0.3) is 0 Å². The van der Waals surface area contributed by atoms with Crippen molar-refractivity contribution in [2.24, 2.45) is 0 Å². The van der Waals surface area contributed by atoms with Gasteiger partial charge >= 0.3 is 0 Å². The van der Waals surface area contributed by atoms with Crippen LogP contribution in [0.25, 0.3) is 0 Å². The average molecular weight is 349 g/mol. The average Bonchev–Trinajstić information content (AvgIpc) is 3.14. The lowest BCUT2D eigenvalue weighted by molar-refractivity contribution is -0.135. The zero-order chi connectivity index (χ0) is 17.9. The second kappa shape index (κ2) is 7.12. The van der Waals surface area contributed by atoms with Crippen molar-refractivity contribution in [1.29, 1.82) is 0 Å².